The molecule has 18 heavy (non-hydrogen) atoms. The molecule has 0 saturated carbocycles. The molecule has 0 aromatic heterocycles. The van der Waals surface area contributed by atoms with Crippen LogP contribution in [0.5, 0.6) is 0 Å². The Hall–Kier alpha value is -0.980. The van der Waals surface area contributed by atoms with Crippen molar-refractivity contribution in [1.82, 2.24) is 16.4 Å². The molecule has 0 bridgehead atoms. The van der Waals surface area contributed by atoms with Gasteiger partial charge in [0.05, 0.1) is 6.17 Å². The van der Waals surface area contributed by atoms with Crippen LogP contribution in [0.15, 0.2) is 24.3 Å². The Kier molecular flexibility index (Phi) is 5.10. The molecule has 1 aromatic rings. The average molecular weight is 250 g/mol. The van der Waals surface area contributed by atoms with Gasteiger partial charge in [0.15, 0.2) is 0 Å². The first-order valence-corrected chi connectivity index (χ1v) is 6.46. The lowest BCUT2D eigenvalue weighted by Crippen LogP contribution is -2.53. The van der Waals surface area contributed by atoms with Crippen LogP contribution in [0.1, 0.15) is 36.6 Å². The summed E-state index contributed by atoms with van der Waals surface area (Å²) in [6.07, 6.45) is 3.18. The summed E-state index contributed by atoms with van der Waals surface area (Å²) < 4.78 is 5.53. The first kappa shape index (κ1) is 13.5. The molecule has 100 valence electrons. The van der Waals surface area contributed by atoms with Gasteiger partial charge in [0.1, 0.15) is 6.23 Å². The third-order valence-electron chi connectivity index (χ3n) is 3.16. The Balaban J connectivity index is 1.74. The van der Waals surface area contributed by atoms with E-state index in [2.05, 4.69) is 29.4 Å². The maximum absolute atomic E-state index is 6.06. The number of ether oxygens (including phenoxy) is 1. The normalized spacial score (nSPS) is 21.8. The summed E-state index contributed by atoms with van der Waals surface area (Å²) >= 11 is 0. The van der Waals surface area contributed by atoms with Gasteiger partial charge in [0, 0.05) is 6.61 Å². The van der Waals surface area contributed by atoms with Crippen LogP contribution in [0.2, 0.25) is 0 Å². The van der Waals surface area contributed by atoms with Gasteiger partial charge in [-0.15, -0.1) is 0 Å². The van der Waals surface area contributed by atoms with E-state index in [1.165, 1.54) is 12.0 Å². The minimum Gasteiger partial charge on any atom is -0.362 e. The fraction of sp³-hybridized carbons (Fsp3) is 0.538. The van der Waals surface area contributed by atoms with Crippen LogP contribution < -0.4 is 22.1 Å². The molecule has 1 aromatic carbocycles. The van der Waals surface area contributed by atoms with Crippen molar-refractivity contribution in [1.29, 1.82) is 0 Å². The van der Waals surface area contributed by atoms with Gasteiger partial charge >= 0.3 is 0 Å². The van der Waals surface area contributed by atoms with Gasteiger partial charge in [0.25, 0.3) is 0 Å². The van der Waals surface area contributed by atoms with Gasteiger partial charge in [-0.1, -0.05) is 24.3 Å². The predicted octanol–water partition coefficient (Wildman–Crippen LogP) is 1.08. The van der Waals surface area contributed by atoms with Crippen LogP contribution in [-0.2, 0) is 4.74 Å². The van der Waals surface area contributed by atoms with Crippen LogP contribution in [0.4, 0.5) is 0 Å². The fourth-order valence-electron chi connectivity index (χ4n) is 2.07. The maximum atomic E-state index is 6.06. The van der Waals surface area contributed by atoms with Crippen LogP contribution >= 0.6 is 0 Å². The minimum absolute atomic E-state index is 0.0651. The van der Waals surface area contributed by atoms with Gasteiger partial charge in [-0.25, -0.2) is 10.9 Å². The van der Waals surface area contributed by atoms with Crippen LogP contribution in [0, 0.1) is 6.92 Å². The van der Waals surface area contributed by atoms with Crippen LogP contribution in [0.3, 0.4) is 0 Å². The second-order valence-electron chi connectivity index (χ2n) is 4.60. The van der Waals surface area contributed by atoms with E-state index in [0.717, 1.165) is 25.0 Å². The molecule has 0 spiro atoms. The third-order valence-corrected chi connectivity index (χ3v) is 3.16. The number of aryl methyl sites for hydroxylation is 1. The predicted molar refractivity (Wildman–Crippen MR) is 71.1 cm³/mol. The maximum Gasteiger partial charge on any atom is 0.121 e. The smallest absolute Gasteiger partial charge is 0.121 e. The van der Waals surface area contributed by atoms with E-state index >= 15 is 0 Å². The molecule has 1 saturated heterocycles. The number of hydrogen-bond donors (Lipinski definition) is 4. The second-order valence-corrected chi connectivity index (χ2v) is 4.60. The number of nitrogens with one attached hydrogen (secondary N) is 3. The molecule has 1 aliphatic heterocycles. The molecule has 0 radical (unpaired) electrons. The Morgan fingerprint density at radius 1 is 1.33 bits per heavy atom. The molecule has 2 atom stereocenters. The summed E-state index contributed by atoms with van der Waals surface area (Å²) in [5, 5.41) is 0. The highest BCUT2D eigenvalue weighted by molar-refractivity contribution is 5.27. The Labute approximate surface area is 108 Å². The zero-order valence-corrected chi connectivity index (χ0v) is 10.8. The molecular formula is C13H22N4O. The first-order valence-electron chi connectivity index (χ1n) is 6.46. The average Bonchev–Trinajstić information content (AvgIpc) is 2.40. The SMILES string of the molecule is Cc1ccccc1C(N)NNNC1CCCCO1. The monoisotopic (exact) mass is 250 g/mol. The largest absolute Gasteiger partial charge is 0.362 e. The zero-order valence-electron chi connectivity index (χ0n) is 10.8. The summed E-state index contributed by atoms with van der Waals surface area (Å²) in [6, 6.07) is 8.06. The number of hydrazine groups is 2. The molecule has 5 heteroatoms. The molecule has 5 nitrogen and oxygen atoms in total. The van der Waals surface area contributed by atoms with Crippen molar-refractivity contribution in [3.63, 3.8) is 0 Å². The van der Waals surface area contributed by atoms with E-state index in [4.69, 9.17) is 10.5 Å². The molecule has 1 aliphatic rings. The number of benzene rings is 1. The van der Waals surface area contributed by atoms with Gasteiger partial charge in [-0.3, -0.25) is 0 Å². The summed E-state index contributed by atoms with van der Waals surface area (Å²) in [7, 11) is 0. The fourth-order valence-corrected chi connectivity index (χ4v) is 2.07. The molecular weight excluding hydrogens is 228 g/mol. The van der Waals surface area contributed by atoms with Gasteiger partial charge in [-0.05, 0) is 37.3 Å². The first-order chi connectivity index (χ1) is 8.77. The van der Waals surface area contributed by atoms with E-state index in [-0.39, 0.29) is 12.4 Å². The summed E-state index contributed by atoms with van der Waals surface area (Å²) in [4.78, 5) is 0. The van der Waals surface area contributed by atoms with Gasteiger partial charge in [-0.2, -0.15) is 5.53 Å². The van der Waals surface area contributed by atoms with Crippen molar-refractivity contribution >= 4 is 0 Å². The molecule has 0 amide bonds. The Morgan fingerprint density at radius 2 is 2.17 bits per heavy atom. The van der Waals surface area contributed by atoms with Crippen molar-refractivity contribution in [2.24, 2.45) is 5.73 Å². The van der Waals surface area contributed by atoms with Crippen molar-refractivity contribution in [2.75, 3.05) is 6.61 Å². The molecule has 2 rings (SSSR count). The van der Waals surface area contributed by atoms with Crippen molar-refractivity contribution in [3.8, 4) is 0 Å². The summed E-state index contributed by atoms with van der Waals surface area (Å²) in [6.45, 7) is 2.87. The topological polar surface area (TPSA) is 71.3 Å². The molecule has 5 N–H and O–H groups in total. The van der Waals surface area contributed by atoms with Crippen molar-refractivity contribution < 1.29 is 4.74 Å². The van der Waals surface area contributed by atoms with E-state index in [1.807, 2.05) is 18.2 Å². The minimum atomic E-state index is -0.248. The Morgan fingerprint density at radius 3 is 2.89 bits per heavy atom. The highest BCUT2D eigenvalue weighted by Gasteiger charge is 2.13. The molecule has 2 unspecified atom stereocenters. The lowest BCUT2D eigenvalue weighted by Gasteiger charge is -2.25. The van der Waals surface area contributed by atoms with Crippen LogP contribution in [-0.4, -0.2) is 12.8 Å². The van der Waals surface area contributed by atoms with Gasteiger partial charge < -0.3 is 10.5 Å². The molecule has 0 aliphatic carbocycles. The quantitative estimate of drug-likeness (QED) is 0.465. The summed E-state index contributed by atoms with van der Waals surface area (Å²) in [5.41, 5.74) is 17.3. The van der Waals surface area contributed by atoms with Crippen molar-refractivity contribution in [3.05, 3.63) is 35.4 Å². The van der Waals surface area contributed by atoms with E-state index < -0.39 is 0 Å². The molecule has 1 fully saturated rings. The number of hydrogen-bond acceptors (Lipinski definition) is 5. The van der Waals surface area contributed by atoms with Crippen LogP contribution in [0.25, 0.3) is 0 Å². The highest BCUT2D eigenvalue weighted by Crippen LogP contribution is 2.12. The summed E-state index contributed by atoms with van der Waals surface area (Å²) in [5.74, 6) is 0. The lowest BCUT2D eigenvalue weighted by molar-refractivity contribution is -0.0188. The van der Waals surface area contributed by atoms with E-state index in [1.54, 1.807) is 0 Å². The standard InChI is InChI=1S/C13H22N4O/c1-10-6-2-3-7-11(10)13(14)16-17-15-12-8-4-5-9-18-12/h2-3,6-7,12-13,15-17H,4-5,8-9,14H2,1H3. The number of nitrogens with two attached hydrogens (primary N) is 1. The van der Waals surface area contributed by atoms with Gasteiger partial charge in [0.2, 0.25) is 0 Å². The van der Waals surface area contributed by atoms with Crippen molar-refractivity contribution in [2.45, 2.75) is 38.6 Å². The third kappa shape index (κ3) is 3.76. The molecule has 1 heterocycles. The number of rotatable bonds is 5. The van der Waals surface area contributed by atoms with E-state index in [0.29, 0.717) is 0 Å². The van der Waals surface area contributed by atoms with E-state index in [9.17, 15) is 0 Å². The lowest BCUT2D eigenvalue weighted by atomic mass is 10.1. The highest BCUT2D eigenvalue weighted by atomic mass is 16.5. The Bertz CT molecular complexity index is 366. The second kappa shape index (κ2) is 6.82. The zero-order chi connectivity index (χ0) is 12.8.